The number of nitrogens with one attached hydrogen (secondary N) is 2. The van der Waals surface area contributed by atoms with Crippen molar-refractivity contribution in [3.8, 4) is 17.2 Å². The SMILES string of the molecule is COc1ccc(C)c(N2C(=O)Nc3c(C(=O)Nc4ccc(OC)c(OC)c4)sc4ncnc2c34)c1. The molecule has 0 atom stereocenters. The number of benzene rings is 2. The quantitative estimate of drug-likeness (QED) is 0.392. The van der Waals surface area contributed by atoms with Crippen LogP contribution < -0.4 is 29.7 Å². The van der Waals surface area contributed by atoms with Gasteiger partial charge in [-0.25, -0.2) is 19.7 Å². The predicted octanol–water partition coefficient (Wildman–Crippen LogP) is 4.96. The fourth-order valence-corrected chi connectivity index (χ4v) is 4.90. The molecule has 11 heteroatoms. The van der Waals surface area contributed by atoms with Gasteiger partial charge in [-0.3, -0.25) is 4.79 Å². The number of carbonyl (C=O) groups is 2. The number of amides is 3. The topological polar surface area (TPSA) is 115 Å². The third-order valence-electron chi connectivity index (χ3n) is 5.62. The number of carbonyl (C=O) groups excluding carboxylic acids is 2. The fraction of sp³-hybridized carbons (Fsp3) is 0.167. The number of hydrogen-bond acceptors (Lipinski definition) is 8. The van der Waals surface area contributed by atoms with Gasteiger partial charge >= 0.3 is 6.03 Å². The van der Waals surface area contributed by atoms with E-state index in [2.05, 4.69) is 20.6 Å². The van der Waals surface area contributed by atoms with E-state index in [4.69, 9.17) is 14.2 Å². The van der Waals surface area contributed by atoms with E-state index in [1.54, 1.807) is 31.4 Å². The lowest BCUT2D eigenvalue weighted by Gasteiger charge is -2.28. The van der Waals surface area contributed by atoms with Gasteiger partial charge in [0.2, 0.25) is 0 Å². The van der Waals surface area contributed by atoms with Crippen molar-refractivity contribution in [2.24, 2.45) is 0 Å². The molecule has 0 radical (unpaired) electrons. The maximum Gasteiger partial charge on any atom is 0.332 e. The number of rotatable bonds is 6. The Kier molecular flexibility index (Phi) is 5.61. The van der Waals surface area contributed by atoms with E-state index in [1.165, 1.54) is 36.8 Å². The largest absolute Gasteiger partial charge is 0.497 e. The van der Waals surface area contributed by atoms with Crippen molar-refractivity contribution in [1.82, 2.24) is 9.97 Å². The molecule has 2 aromatic heterocycles. The first-order valence-electron chi connectivity index (χ1n) is 10.5. The Morgan fingerprint density at radius 1 is 1.03 bits per heavy atom. The van der Waals surface area contributed by atoms with E-state index >= 15 is 0 Å². The number of aryl methyl sites for hydroxylation is 1. The van der Waals surface area contributed by atoms with Crippen LogP contribution in [0.25, 0.3) is 10.2 Å². The summed E-state index contributed by atoms with van der Waals surface area (Å²) in [5.41, 5.74) is 2.37. The highest BCUT2D eigenvalue weighted by Crippen LogP contribution is 2.45. The average molecular weight is 492 g/mol. The van der Waals surface area contributed by atoms with Gasteiger partial charge in [-0.15, -0.1) is 11.3 Å². The Morgan fingerprint density at radius 2 is 1.83 bits per heavy atom. The van der Waals surface area contributed by atoms with Gasteiger partial charge in [0.15, 0.2) is 17.3 Å². The smallest absolute Gasteiger partial charge is 0.332 e. The Labute approximate surface area is 204 Å². The second-order valence-corrected chi connectivity index (χ2v) is 8.62. The maximum absolute atomic E-state index is 13.3. The summed E-state index contributed by atoms with van der Waals surface area (Å²) in [6.45, 7) is 1.89. The molecule has 10 nitrogen and oxygen atoms in total. The molecule has 178 valence electrons. The molecule has 0 saturated heterocycles. The summed E-state index contributed by atoms with van der Waals surface area (Å²) in [5, 5.41) is 6.31. The Morgan fingerprint density at radius 3 is 2.57 bits per heavy atom. The van der Waals surface area contributed by atoms with Crippen LogP contribution in [0.5, 0.6) is 17.2 Å². The van der Waals surface area contributed by atoms with Gasteiger partial charge in [-0.1, -0.05) is 6.07 Å². The van der Waals surface area contributed by atoms with Crippen molar-refractivity contribution in [1.29, 1.82) is 0 Å². The van der Waals surface area contributed by atoms with Gasteiger partial charge in [0.05, 0.1) is 38.1 Å². The molecule has 0 saturated carbocycles. The highest BCUT2D eigenvalue weighted by Gasteiger charge is 2.34. The van der Waals surface area contributed by atoms with Gasteiger partial charge in [0.25, 0.3) is 5.91 Å². The summed E-state index contributed by atoms with van der Waals surface area (Å²) >= 11 is 1.17. The van der Waals surface area contributed by atoms with Crippen molar-refractivity contribution < 1.29 is 23.8 Å². The molecule has 2 N–H and O–H groups in total. The van der Waals surface area contributed by atoms with Crippen LogP contribution in [-0.4, -0.2) is 43.2 Å². The first-order valence-corrected chi connectivity index (χ1v) is 11.3. The summed E-state index contributed by atoms with van der Waals surface area (Å²) in [5.74, 6) is 1.63. The van der Waals surface area contributed by atoms with E-state index in [-0.39, 0.29) is 0 Å². The summed E-state index contributed by atoms with van der Waals surface area (Å²) < 4.78 is 15.9. The molecule has 0 spiro atoms. The molecule has 1 aliphatic heterocycles. The normalized spacial score (nSPS) is 12.3. The number of aromatic nitrogens is 2. The predicted molar refractivity (Wildman–Crippen MR) is 134 cm³/mol. The van der Waals surface area contributed by atoms with Gasteiger partial charge in [-0.2, -0.15) is 0 Å². The van der Waals surface area contributed by atoms with Crippen molar-refractivity contribution in [3.63, 3.8) is 0 Å². The van der Waals surface area contributed by atoms with Gasteiger partial charge in [-0.05, 0) is 30.7 Å². The lowest BCUT2D eigenvalue weighted by Crippen LogP contribution is -2.35. The molecular weight excluding hydrogens is 470 g/mol. The fourth-order valence-electron chi connectivity index (χ4n) is 3.91. The number of methoxy groups -OCH3 is 3. The molecule has 1 aliphatic rings. The van der Waals surface area contributed by atoms with Crippen molar-refractivity contribution in [2.45, 2.75) is 6.92 Å². The van der Waals surface area contributed by atoms with Crippen LogP contribution in [-0.2, 0) is 0 Å². The molecule has 3 amide bonds. The van der Waals surface area contributed by atoms with E-state index in [0.717, 1.165) is 5.56 Å². The molecule has 0 bridgehead atoms. The maximum atomic E-state index is 13.3. The third kappa shape index (κ3) is 3.75. The van der Waals surface area contributed by atoms with Crippen LogP contribution in [0, 0.1) is 6.92 Å². The summed E-state index contributed by atoms with van der Waals surface area (Å²) in [6.07, 6.45) is 1.38. The van der Waals surface area contributed by atoms with E-state index < -0.39 is 11.9 Å². The highest BCUT2D eigenvalue weighted by atomic mass is 32.1. The monoisotopic (exact) mass is 491 g/mol. The van der Waals surface area contributed by atoms with E-state index in [1.807, 2.05) is 19.1 Å². The van der Waals surface area contributed by atoms with Crippen molar-refractivity contribution in [2.75, 3.05) is 36.9 Å². The molecule has 0 unspecified atom stereocenters. The van der Waals surface area contributed by atoms with Crippen LogP contribution in [0.3, 0.4) is 0 Å². The molecule has 2 aromatic carbocycles. The van der Waals surface area contributed by atoms with Crippen LogP contribution in [0.15, 0.2) is 42.7 Å². The minimum Gasteiger partial charge on any atom is -0.497 e. The van der Waals surface area contributed by atoms with Crippen molar-refractivity contribution in [3.05, 3.63) is 53.2 Å². The Bertz CT molecular complexity index is 1480. The second kappa shape index (κ2) is 8.76. The zero-order chi connectivity index (χ0) is 24.7. The van der Waals surface area contributed by atoms with E-state index in [9.17, 15) is 9.59 Å². The Balaban J connectivity index is 1.57. The van der Waals surface area contributed by atoms with Gasteiger partial charge < -0.3 is 24.8 Å². The molecule has 3 heterocycles. The lowest BCUT2D eigenvalue weighted by atomic mass is 10.1. The van der Waals surface area contributed by atoms with Gasteiger partial charge in [0, 0.05) is 17.8 Å². The van der Waals surface area contributed by atoms with Crippen LogP contribution >= 0.6 is 11.3 Å². The molecule has 0 aliphatic carbocycles. The van der Waals surface area contributed by atoms with Crippen LogP contribution in [0.1, 0.15) is 15.2 Å². The number of anilines is 4. The standard InChI is InChI=1S/C24H21N5O5S/c1-12-5-7-14(32-2)10-15(12)29-21-18-19(28-24(29)31)20(35-23(18)26-11-25-21)22(30)27-13-6-8-16(33-3)17(9-13)34-4/h5-11H,1-4H3,(H,27,30)(H,28,31). The average Bonchev–Trinajstić information content (AvgIpc) is 3.24. The van der Waals surface area contributed by atoms with E-state index in [0.29, 0.717) is 55.2 Å². The first-order chi connectivity index (χ1) is 16.9. The highest BCUT2D eigenvalue weighted by molar-refractivity contribution is 7.21. The lowest BCUT2D eigenvalue weighted by molar-refractivity contribution is 0.103. The minimum absolute atomic E-state index is 0.312. The molecule has 4 aromatic rings. The van der Waals surface area contributed by atoms with Crippen molar-refractivity contribution >= 4 is 56.4 Å². The number of hydrogen-bond donors (Lipinski definition) is 2. The zero-order valence-corrected chi connectivity index (χ0v) is 20.1. The summed E-state index contributed by atoms with van der Waals surface area (Å²) in [6, 6.07) is 10.1. The summed E-state index contributed by atoms with van der Waals surface area (Å²) in [4.78, 5) is 37.6. The molecule has 5 rings (SSSR count). The number of ether oxygens (including phenoxy) is 3. The van der Waals surface area contributed by atoms with Gasteiger partial charge in [0.1, 0.15) is 21.8 Å². The molecule has 0 fully saturated rings. The zero-order valence-electron chi connectivity index (χ0n) is 19.3. The molecule has 35 heavy (non-hydrogen) atoms. The Hall–Kier alpha value is -4.38. The first kappa shape index (κ1) is 22.4. The second-order valence-electron chi connectivity index (χ2n) is 7.63. The number of nitrogens with zero attached hydrogens (tertiary/aromatic N) is 3. The van der Waals surface area contributed by atoms with Crippen LogP contribution in [0.2, 0.25) is 0 Å². The third-order valence-corrected chi connectivity index (χ3v) is 6.72. The van der Waals surface area contributed by atoms with Crippen LogP contribution in [0.4, 0.5) is 27.7 Å². The molecular formula is C24H21N5O5S. The number of urea groups is 1. The number of thiophene rings is 1. The minimum atomic E-state index is -0.438. The summed E-state index contributed by atoms with van der Waals surface area (Å²) in [7, 11) is 4.62.